The van der Waals surface area contributed by atoms with Gasteiger partial charge in [0, 0.05) is 12.6 Å². The highest BCUT2D eigenvalue weighted by molar-refractivity contribution is 5.75. The number of pyridine rings is 1. The molecule has 0 spiro atoms. The fourth-order valence-corrected chi connectivity index (χ4v) is 4.26. The molecule has 4 N–H and O–H groups in total. The van der Waals surface area contributed by atoms with Crippen LogP contribution in [0, 0.1) is 5.82 Å². The largest absolute Gasteiger partial charge is 0.496 e. The molecule has 1 aromatic heterocycles. The number of hydrogen-bond acceptors (Lipinski definition) is 6. The van der Waals surface area contributed by atoms with E-state index in [2.05, 4.69) is 33.1 Å². The zero-order valence-corrected chi connectivity index (χ0v) is 19.2. The highest BCUT2D eigenvalue weighted by Gasteiger charge is 2.27. The molecule has 2 aromatic carbocycles. The Balaban J connectivity index is 1.51. The van der Waals surface area contributed by atoms with E-state index in [-0.39, 0.29) is 17.9 Å². The normalized spacial score (nSPS) is 16.5. The second-order valence-corrected chi connectivity index (χ2v) is 8.41. The van der Waals surface area contributed by atoms with E-state index in [0.29, 0.717) is 31.0 Å². The number of hydrogen-bond donors (Lipinski definition) is 4. The summed E-state index contributed by atoms with van der Waals surface area (Å²) in [4.78, 5) is 15.6. The van der Waals surface area contributed by atoms with E-state index in [1.807, 2.05) is 30.3 Å². The van der Waals surface area contributed by atoms with Gasteiger partial charge in [0.25, 0.3) is 0 Å². The van der Waals surface area contributed by atoms with Crippen molar-refractivity contribution in [2.75, 3.05) is 30.8 Å². The third-order valence-corrected chi connectivity index (χ3v) is 6.18. The van der Waals surface area contributed by atoms with E-state index in [1.54, 1.807) is 20.1 Å². The molecule has 0 saturated carbocycles. The monoisotopic (exact) mass is 464 g/mol. The van der Waals surface area contributed by atoms with Crippen molar-refractivity contribution in [1.82, 2.24) is 10.3 Å². The molecule has 3 aromatic rings. The molecule has 8 heteroatoms. The van der Waals surface area contributed by atoms with Crippen molar-refractivity contribution in [3.63, 3.8) is 0 Å². The molecule has 0 fully saturated rings. The summed E-state index contributed by atoms with van der Waals surface area (Å²) in [6, 6.07) is 17.0. The molecule has 34 heavy (non-hydrogen) atoms. The first-order valence-electron chi connectivity index (χ1n) is 11.3. The van der Waals surface area contributed by atoms with Crippen LogP contribution in [0.25, 0.3) is 0 Å². The van der Waals surface area contributed by atoms with Crippen LogP contribution in [0.5, 0.6) is 5.75 Å². The second-order valence-electron chi connectivity index (χ2n) is 8.41. The highest BCUT2D eigenvalue weighted by atomic mass is 19.1. The number of ether oxygens (including phenoxy) is 1. The van der Waals surface area contributed by atoms with Crippen LogP contribution < -0.4 is 20.7 Å². The van der Waals surface area contributed by atoms with Crippen molar-refractivity contribution in [3.05, 3.63) is 83.3 Å². The third-order valence-electron chi connectivity index (χ3n) is 6.18. The van der Waals surface area contributed by atoms with Gasteiger partial charge in [-0.05, 0) is 42.6 Å². The molecule has 0 amide bonds. The molecule has 0 bridgehead atoms. The molecule has 4 rings (SSSR count). The molecule has 2 heterocycles. The molecule has 178 valence electrons. The number of carboxylic acid groups (broad SMARTS) is 1. The van der Waals surface area contributed by atoms with Gasteiger partial charge >= 0.3 is 5.97 Å². The molecule has 7 nitrogen and oxygen atoms in total. The highest BCUT2D eigenvalue weighted by Crippen LogP contribution is 2.30. The second kappa shape index (κ2) is 10.5. The first kappa shape index (κ1) is 23.5. The number of fused-ring (bicyclic) bond motifs is 1. The van der Waals surface area contributed by atoms with Gasteiger partial charge in [0.2, 0.25) is 0 Å². The van der Waals surface area contributed by atoms with Crippen LogP contribution in [0.3, 0.4) is 0 Å². The van der Waals surface area contributed by atoms with Crippen LogP contribution in [0.1, 0.15) is 35.6 Å². The molecule has 1 aliphatic rings. The summed E-state index contributed by atoms with van der Waals surface area (Å²) in [5, 5.41) is 19.7. The fourth-order valence-electron chi connectivity index (χ4n) is 4.26. The van der Waals surface area contributed by atoms with Crippen molar-refractivity contribution in [2.24, 2.45) is 0 Å². The maximum atomic E-state index is 13.5. The van der Waals surface area contributed by atoms with E-state index in [1.165, 1.54) is 12.3 Å². The number of nitrogens with zero attached hydrogens (tertiary/aromatic N) is 1. The maximum Gasteiger partial charge on any atom is 0.310 e. The van der Waals surface area contributed by atoms with Gasteiger partial charge in [-0.2, -0.15) is 0 Å². The minimum atomic E-state index is -0.858. The Kier molecular flexibility index (Phi) is 7.27. The van der Waals surface area contributed by atoms with Gasteiger partial charge in [0.15, 0.2) is 0 Å². The number of rotatable bonds is 9. The molecule has 0 radical (unpaired) electrons. The Hall–Kier alpha value is -3.65. The Labute approximate surface area is 198 Å². The lowest BCUT2D eigenvalue weighted by Crippen LogP contribution is -2.44. The van der Waals surface area contributed by atoms with Crippen molar-refractivity contribution in [3.8, 4) is 5.75 Å². The fraction of sp³-hybridized carbons (Fsp3) is 0.308. The number of anilines is 2. The lowest BCUT2D eigenvalue weighted by molar-refractivity contribution is -0.138. The SMILES string of the molecule is COc1ccc([C@@H](C)C(=O)O)cc1CCN[C@H](c1ccccc1)[C@H]1CNc2cc(F)cnc2N1. The van der Waals surface area contributed by atoms with E-state index >= 15 is 0 Å². The average Bonchev–Trinajstić information content (AvgIpc) is 2.86. The summed E-state index contributed by atoms with van der Waals surface area (Å²) in [7, 11) is 1.62. The molecule has 0 saturated heterocycles. The summed E-state index contributed by atoms with van der Waals surface area (Å²) in [6.45, 7) is 2.92. The molecule has 0 aliphatic carbocycles. The minimum absolute atomic E-state index is 0.0203. The van der Waals surface area contributed by atoms with Crippen LogP contribution in [0.2, 0.25) is 0 Å². The van der Waals surface area contributed by atoms with Crippen molar-refractivity contribution in [1.29, 1.82) is 0 Å². The predicted molar refractivity (Wildman–Crippen MR) is 130 cm³/mol. The summed E-state index contributed by atoms with van der Waals surface area (Å²) in [5.41, 5.74) is 3.46. The Morgan fingerprint density at radius 3 is 2.76 bits per heavy atom. The van der Waals surface area contributed by atoms with Crippen LogP contribution >= 0.6 is 0 Å². The number of benzene rings is 2. The predicted octanol–water partition coefficient (Wildman–Crippen LogP) is 4.20. The number of methoxy groups -OCH3 is 1. The Bertz CT molecular complexity index is 1140. The van der Waals surface area contributed by atoms with Crippen LogP contribution in [-0.4, -0.2) is 42.3 Å². The van der Waals surface area contributed by atoms with E-state index in [9.17, 15) is 14.3 Å². The van der Waals surface area contributed by atoms with Crippen LogP contribution in [-0.2, 0) is 11.2 Å². The summed E-state index contributed by atoms with van der Waals surface area (Å²) in [5.74, 6) is -0.473. The van der Waals surface area contributed by atoms with Gasteiger partial charge in [0.05, 0.1) is 37.0 Å². The first-order chi connectivity index (χ1) is 16.5. The lowest BCUT2D eigenvalue weighted by Gasteiger charge is -2.34. The number of carbonyl (C=O) groups is 1. The van der Waals surface area contributed by atoms with Crippen LogP contribution in [0.4, 0.5) is 15.9 Å². The first-order valence-corrected chi connectivity index (χ1v) is 11.3. The van der Waals surface area contributed by atoms with Gasteiger partial charge in [-0.15, -0.1) is 0 Å². The summed E-state index contributed by atoms with van der Waals surface area (Å²) in [6.07, 6.45) is 1.87. The topological polar surface area (TPSA) is 95.5 Å². The number of aliphatic carboxylic acids is 1. The third kappa shape index (κ3) is 5.28. The molecule has 3 atom stereocenters. The number of nitrogens with one attached hydrogen (secondary N) is 3. The summed E-state index contributed by atoms with van der Waals surface area (Å²) >= 11 is 0. The number of carboxylic acids is 1. The van der Waals surface area contributed by atoms with Crippen molar-refractivity contribution >= 4 is 17.5 Å². The molecule has 1 aliphatic heterocycles. The van der Waals surface area contributed by atoms with E-state index in [4.69, 9.17) is 4.74 Å². The molecular formula is C26H29FN4O3. The molecule has 0 unspecified atom stereocenters. The van der Waals surface area contributed by atoms with Gasteiger partial charge < -0.3 is 25.8 Å². The van der Waals surface area contributed by atoms with Crippen molar-refractivity contribution in [2.45, 2.75) is 31.3 Å². The molecular weight excluding hydrogens is 435 g/mol. The van der Waals surface area contributed by atoms with Gasteiger partial charge in [-0.25, -0.2) is 9.37 Å². The minimum Gasteiger partial charge on any atom is -0.496 e. The van der Waals surface area contributed by atoms with Gasteiger partial charge in [-0.1, -0.05) is 42.5 Å². The Morgan fingerprint density at radius 2 is 2.03 bits per heavy atom. The average molecular weight is 465 g/mol. The van der Waals surface area contributed by atoms with Gasteiger partial charge in [-0.3, -0.25) is 4.79 Å². The van der Waals surface area contributed by atoms with E-state index in [0.717, 1.165) is 22.4 Å². The number of aromatic nitrogens is 1. The van der Waals surface area contributed by atoms with Crippen molar-refractivity contribution < 1.29 is 19.0 Å². The standard InChI is InChI=1S/C26H29FN4O3/c1-16(26(32)33)18-8-9-23(34-2)19(12-18)10-11-28-24(17-6-4-3-5-7-17)22-15-29-21-13-20(27)14-30-25(21)31-22/h3-9,12-14,16,22,24,28-29H,10-11,15H2,1-2H3,(H,30,31)(H,32,33)/t16-,22-,24-/m1/s1. The maximum absolute atomic E-state index is 13.5. The zero-order valence-electron chi connectivity index (χ0n) is 19.2. The van der Waals surface area contributed by atoms with Crippen LogP contribution in [0.15, 0.2) is 60.8 Å². The number of halogens is 1. The van der Waals surface area contributed by atoms with E-state index < -0.39 is 11.9 Å². The zero-order chi connectivity index (χ0) is 24.1. The quantitative estimate of drug-likeness (QED) is 0.377. The lowest BCUT2D eigenvalue weighted by atomic mass is 9.96. The smallest absolute Gasteiger partial charge is 0.310 e. The van der Waals surface area contributed by atoms with Gasteiger partial charge in [0.1, 0.15) is 17.4 Å². The Morgan fingerprint density at radius 1 is 1.24 bits per heavy atom. The summed E-state index contributed by atoms with van der Waals surface area (Å²) < 4.78 is 19.1.